The zero-order valence-corrected chi connectivity index (χ0v) is 12.7. The van der Waals surface area contributed by atoms with Gasteiger partial charge >= 0.3 is 12.0 Å². The number of nitrogens with one attached hydrogen (secondary N) is 1. The molecule has 2 amide bonds. The molecule has 1 saturated heterocycles. The Morgan fingerprint density at radius 1 is 1.10 bits per heavy atom. The highest BCUT2D eigenvalue weighted by Gasteiger charge is 2.36. The lowest BCUT2D eigenvalue weighted by Crippen LogP contribution is -2.55. The molecule has 2 N–H and O–H groups in total. The molecule has 0 aromatic heterocycles. The highest BCUT2D eigenvalue weighted by molar-refractivity contribution is 7.99. The van der Waals surface area contributed by atoms with Crippen LogP contribution in [-0.4, -0.2) is 52.1 Å². The smallest absolute Gasteiger partial charge is 0.317 e. The number of hydrogen-bond acceptors (Lipinski definition) is 3. The Kier molecular flexibility index (Phi) is 5.57. The molecule has 2 aliphatic rings. The molecule has 6 heteroatoms. The maximum Gasteiger partial charge on any atom is 0.317 e. The number of urea groups is 1. The molecular formula is C14H24N2O3S. The van der Waals surface area contributed by atoms with Crippen LogP contribution in [0.3, 0.4) is 0 Å². The van der Waals surface area contributed by atoms with E-state index >= 15 is 0 Å². The first-order chi connectivity index (χ1) is 9.61. The van der Waals surface area contributed by atoms with Gasteiger partial charge in [-0.15, -0.1) is 0 Å². The highest BCUT2D eigenvalue weighted by Crippen LogP contribution is 2.31. The van der Waals surface area contributed by atoms with Crippen LogP contribution in [0.15, 0.2) is 0 Å². The quantitative estimate of drug-likeness (QED) is 0.839. The first-order valence-corrected chi connectivity index (χ1v) is 8.63. The summed E-state index contributed by atoms with van der Waals surface area (Å²) in [5, 5.41) is 12.2. The molecule has 1 saturated carbocycles. The fourth-order valence-electron chi connectivity index (χ4n) is 3.12. The van der Waals surface area contributed by atoms with Crippen LogP contribution in [0.5, 0.6) is 0 Å². The number of hydrogen-bond donors (Lipinski definition) is 2. The minimum atomic E-state index is -0.821. The van der Waals surface area contributed by atoms with E-state index in [0.717, 1.165) is 63.1 Å². The Labute approximate surface area is 124 Å². The zero-order valence-electron chi connectivity index (χ0n) is 11.9. The van der Waals surface area contributed by atoms with Gasteiger partial charge < -0.3 is 15.3 Å². The summed E-state index contributed by atoms with van der Waals surface area (Å²) in [4.78, 5) is 25.4. The van der Waals surface area contributed by atoms with Crippen molar-refractivity contribution in [2.45, 2.75) is 50.5 Å². The van der Waals surface area contributed by atoms with Crippen LogP contribution in [0.25, 0.3) is 0 Å². The fourth-order valence-corrected chi connectivity index (χ4v) is 4.01. The monoisotopic (exact) mass is 300 g/mol. The number of thioether (sulfide) groups is 1. The van der Waals surface area contributed by atoms with Crippen LogP contribution >= 0.6 is 11.8 Å². The van der Waals surface area contributed by atoms with Gasteiger partial charge in [0.1, 0.15) is 0 Å². The van der Waals surface area contributed by atoms with Crippen LogP contribution in [0.4, 0.5) is 4.79 Å². The summed E-state index contributed by atoms with van der Waals surface area (Å²) in [6.45, 7) is 1.54. The molecule has 2 fully saturated rings. The van der Waals surface area contributed by atoms with E-state index in [1.807, 2.05) is 16.7 Å². The van der Waals surface area contributed by atoms with Crippen molar-refractivity contribution in [2.75, 3.05) is 24.6 Å². The van der Waals surface area contributed by atoms with Crippen molar-refractivity contribution in [3.8, 4) is 0 Å². The van der Waals surface area contributed by atoms with E-state index in [0.29, 0.717) is 0 Å². The summed E-state index contributed by atoms with van der Waals surface area (Å²) in [7, 11) is 0. The molecule has 0 aromatic carbocycles. The number of carbonyl (C=O) groups is 2. The first kappa shape index (κ1) is 15.5. The SMILES string of the molecule is O=C(O)CC1(NC(=O)N2CCCSCC2)CCCCC1. The van der Waals surface area contributed by atoms with Crippen LogP contribution in [0.2, 0.25) is 0 Å². The Balaban J connectivity index is 1.98. The van der Waals surface area contributed by atoms with Crippen molar-refractivity contribution in [1.82, 2.24) is 10.2 Å². The number of aliphatic carboxylic acids is 1. The molecule has 0 spiro atoms. The van der Waals surface area contributed by atoms with Crippen molar-refractivity contribution in [3.05, 3.63) is 0 Å². The van der Waals surface area contributed by atoms with E-state index in [-0.39, 0.29) is 12.5 Å². The summed E-state index contributed by atoms with van der Waals surface area (Å²) in [5.41, 5.74) is -0.527. The van der Waals surface area contributed by atoms with E-state index < -0.39 is 11.5 Å². The average molecular weight is 300 g/mol. The van der Waals surface area contributed by atoms with Gasteiger partial charge in [-0.2, -0.15) is 11.8 Å². The maximum atomic E-state index is 12.4. The van der Waals surface area contributed by atoms with E-state index in [2.05, 4.69) is 5.32 Å². The molecule has 0 aromatic rings. The maximum absolute atomic E-state index is 12.4. The average Bonchev–Trinajstić information content (AvgIpc) is 2.67. The Bertz CT molecular complexity index is 348. The van der Waals surface area contributed by atoms with E-state index in [9.17, 15) is 9.59 Å². The lowest BCUT2D eigenvalue weighted by Gasteiger charge is -2.38. The van der Waals surface area contributed by atoms with Gasteiger partial charge in [-0.3, -0.25) is 4.79 Å². The number of rotatable bonds is 3. The Hall–Kier alpha value is -0.910. The molecular weight excluding hydrogens is 276 g/mol. The third-order valence-corrected chi connectivity index (χ3v) is 5.23. The minimum absolute atomic E-state index is 0.0430. The van der Waals surface area contributed by atoms with E-state index in [1.54, 1.807) is 0 Å². The third kappa shape index (κ3) is 4.30. The molecule has 114 valence electrons. The number of carboxylic acid groups (broad SMARTS) is 1. The zero-order chi connectivity index (χ0) is 14.4. The second-order valence-electron chi connectivity index (χ2n) is 5.79. The predicted molar refractivity (Wildman–Crippen MR) is 80.1 cm³/mol. The Morgan fingerprint density at radius 3 is 2.55 bits per heavy atom. The second-order valence-corrected chi connectivity index (χ2v) is 7.02. The molecule has 20 heavy (non-hydrogen) atoms. The summed E-state index contributed by atoms with van der Waals surface area (Å²) < 4.78 is 0. The molecule has 0 atom stereocenters. The van der Waals surface area contributed by atoms with E-state index in [4.69, 9.17) is 5.11 Å². The Morgan fingerprint density at radius 2 is 1.85 bits per heavy atom. The van der Waals surface area contributed by atoms with Crippen LogP contribution in [0.1, 0.15) is 44.9 Å². The molecule has 0 radical (unpaired) electrons. The van der Waals surface area contributed by atoms with Crippen molar-refractivity contribution >= 4 is 23.8 Å². The van der Waals surface area contributed by atoms with Crippen molar-refractivity contribution in [1.29, 1.82) is 0 Å². The van der Waals surface area contributed by atoms with Crippen LogP contribution in [0, 0.1) is 0 Å². The molecule has 1 aliphatic heterocycles. The van der Waals surface area contributed by atoms with Crippen molar-refractivity contribution in [3.63, 3.8) is 0 Å². The van der Waals surface area contributed by atoms with Gasteiger partial charge in [0.05, 0.1) is 12.0 Å². The first-order valence-electron chi connectivity index (χ1n) is 7.48. The molecule has 0 bridgehead atoms. The van der Waals surface area contributed by atoms with Gasteiger partial charge in [0.2, 0.25) is 0 Å². The lowest BCUT2D eigenvalue weighted by molar-refractivity contribution is -0.139. The summed E-state index contributed by atoms with van der Waals surface area (Å²) >= 11 is 1.88. The number of carbonyl (C=O) groups excluding carboxylic acids is 1. The number of nitrogens with zero attached hydrogens (tertiary/aromatic N) is 1. The topological polar surface area (TPSA) is 69.6 Å². The highest BCUT2D eigenvalue weighted by atomic mass is 32.2. The number of carboxylic acids is 1. The third-order valence-electron chi connectivity index (χ3n) is 4.18. The largest absolute Gasteiger partial charge is 0.481 e. The number of amides is 2. The summed E-state index contributed by atoms with van der Waals surface area (Å²) in [5.74, 6) is 1.25. The predicted octanol–water partition coefficient (Wildman–Crippen LogP) is 2.31. The molecule has 5 nitrogen and oxygen atoms in total. The standard InChI is InChI=1S/C14H24N2O3S/c17-12(18)11-14(5-2-1-3-6-14)15-13(19)16-7-4-9-20-10-8-16/h1-11H2,(H,15,19)(H,17,18). The minimum Gasteiger partial charge on any atom is -0.481 e. The van der Waals surface area contributed by atoms with Gasteiger partial charge in [0.25, 0.3) is 0 Å². The summed E-state index contributed by atoms with van der Waals surface area (Å²) in [6.07, 6.45) is 5.77. The van der Waals surface area contributed by atoms with Crippen LogP contribution < -0.4 is 5.32 Å². The van der Waals surface area contributed by atoms with Gasteiger partial charge in [-0.1, -0.05) is 19.3 Å². The molecule has 2 rings (SSSR count). The van der Waals surface area contributed by atoms with Gasteiger partial charge in [-0.05, 0) is 25.0 Å². The van der Waals surface area contributed by atoms with E-state index in [1.165, 1.54) is 0 Å². The second kappa shape index (κ2) is 7.20. The lowest BCUT2D eigenvalue weighted by atomic mass is 9.79. The molecule has 0 unspecified atom stereocenters. The summed E-state index contributed by atoms with van der Waals surface area (Å²) in [6, 6.07) is -0.0735. The fraction of sp³-hybridized carbons (Fsp3) is 0.857. The molecule has 1 heterocycles. The van der Waals surface area contributed by atoms with Crippen molar-refractivity contribution < 1.29 is 14.7 Å². The van der Waals surface area contributed by atoms with Crippen molar-refractivity contribution in [2.24, 2.45) is 0 Å². The van der Waals surface area contributed by atoms with Gasteiger partial charge in [0, 0.05) is 18.8 Å². The molecule has 1 aliphatic carbocycles. The van der Waals surface area contributed by atoms with Gasteiger partial charge in [-0.25, -0.2) is 4.79 Å². The van der Waals surface area contributed by atoms with Gasteiger partial charge in [0.15, 0.2) is 0 Å². The normalized spacial score (nSPS) is 22.9. The van der Waals surface area contributed by atoms with Crippen LogP contribution in [-0.2, 0) is 4.79 Å².